The van der Waals surface area contributed by atoms with Crippen molar-refractivity contribution >= 4 is 41.5 Å². The lowest BCUT2D eigenvalue weighted by Gasteiger charge is -2.32. The third kappa shape index (κ3) is 3.79. The largest absolute Gasteiger partial charge is 0.351 e. The van der Waals surface area contributed by atoms with Crippen molar-refractivity contribution in [2.24, 2.45) is 11.8 Å². The van der Waals surface area contributed by atoms with Crippen LogP contribution in [0.1, 0.15) is 13.3 Å². The van der Waals surface area contributed by atoms with Gasteiger partial charge in [0.25, 0.3) is 0 Å². The lowest BCUT2D eigenvalue weighted by Crippen LogP contribution is -2.51. The molecule has 0 aromatic heterocycles. The summed E-state index contributed by atoms with van der Waals surface area (Å²) in [6.07, 6.45) is 0.326. The lowest BCUT2D eigenvalue weighted by atomic mass is 9.88. The summed E-state index contributed by atoms with van der Waals surface area (Å²) < 4.78 is 0. The zero-order valence-electron chi connectivity index (χ0n) is 12.9. The first-order valence-corrected chi connectivity index (χ1v) is 8.00. The van der Waals surface area contributed by atoms with Crippen LogP contribution >= 0.6 is 24.0 Å². The zero-order valence-corrected chi connectivity index (χ0v) is 14.5. The molecule has 2 unspecified atom stereocenters. The number of nitrogens with one attached hydrogen (secondary N) is 2. The molecule has 0 saturated carbocycles. The molecule has 0 radical (unpaired) electrons. The van der Waals surface area contributed by atoms with Gasteiger partial charge in [-0.2, -0.15) is 0 Å². The molecule has 2 fully saturated rings. The number of carbonyl (C=O) groups is 2. The van der Waals surface area contributed by atoms with Crippen LogP contribution in [-0.4, -0.2) is 37.5 Å². The van der Waals surface area contributed by atoms with Gasteiger partial charge in [0.1, 0.15) is 0 Å². The average Bonchev–Trinajstić information content (AvgIpc) is 2.78. The van der Waals surface area contributed by atoms with Gasteiger partial charge in [0.05, 0.1) is 16.8 Å². The summed E-state index contributed by atoms with van der Waals surface area (Å²) in [5, 5.41) is 6.73. The summed E-state index contributed by atoms with van der Waals surface area (Å²) >= 11 is 6.15. The molecule has 2 aliphatic rings. The van der Waals surface area contributed by atoms with Gasteiger partial charge in [-0.3, -0.25) is 9.59 Å². The van der Waals surface area contributed by atoms with Crippen molar-refractivity contribution < 1.29 is 9.59 Å². The monoisotopic (exact) mass is 357 g/mol. The number of halogens is 2. The van der Waals surface area contributed by atoms with Crippen LogP contribution in [0.25, 0.3) is 0 Å². The topological polar surface area (TPSA) is 61.4 Å². The molecule has 2 saturated heterocycles. The van der Waals surface area contributed by atoms with Crippen LogP contribution in [0.5, 0.6) is 0 Å². The van der Waals surface area contributed by atoms with E-state index in [1.165, 1.54) is 0 Å². The summed E-state index contributed by atoms with van der Waals surface area (Å²) in [4.78, 5) is 26.1. The van der Waals surface area contributed by atoms with Gasteiger partial charge in [0, 0.05) is 18.9 Å². The van der Waals surface area contributed by atoms with E-state index in [0.717, 1.165) is 13.1 Å². The minimum Gasteiger partial charge on any atom is -0.351 e. The second-order valence-corrected chi connectivity index (χ2v) is 6.48. The number of nitrogens with zero attached hydrogens (tertiary/aromatic N) is 1. The van der Waals surface area contributed by atoms with Crippen molar-refractivity contribution in [1.82, 2.24) is 10.6 Å². The van der Waals surface area contributed by atoms with E-state index >= 15 is 0 Å². The molecule has 23 heavy (non-hydrogen) atoms. The summed E-state index contributed by atoms with van der Waals surface area (Å²) in [7, 11) is 0. The maximum atomic E-state index is 12.3. The Balaban J connectivity index is 0.00000192. The Morgan fingerprint density at radius 3 is 2.70 bits per heavy atom. The fourth-order valence-electron chi connectivity index (χ4n) is 2.92. The molecular weight excluding hydrogens is 337 g/mol. The SMILES string of the molecule is CC(C(=O)NC1CC(=O)N(c2ccccc2Cl)C1)C1CNC1.Cl. The number of para-hydroxylation sites is 1. The molecule has 0 bridgehead atoms. The van der Waals surface area contributed by atoms with E-state index in [0.29, 0.717) is 29.6 Å². The van der Waals surface area contributed by atoms with Gasteiger partial charge in [-0.1, -0.05) is 30.7 Å². The Morgan fingerprint density at radius 1 is 1.39 bits per heavy atom. The van der Waals surface area contributed by atoms with Gasteiger partial charge in [-0.05, 0) is 31.1 Å². The first kappa shape index (κ1) is 18.0. The Morgan fingerprint density at radius 2 is 2.09 bits per heavy atom. The molecule has 2 amide bonds. The molecule has 3 rings (SSSR count). The number of carbonyl (C=O) groups excluding carboxylic acids is 2. The normalized spacial score (nSPS) is 22.3. The smallest absolute Gasteiger partial charge is 0.229 e. The number of hydrogen-bond donors (Lipinski definition) is 2. The minimum absolute atomic E-state index is 0. The Bertz CT molecular complexity index is 592. The van der Waals surface area contributed by atoms with Crippen molar-refractivity contribution in [2.45, 2.75) is 19.4 Å². The number of rotatable bonds is 4. The van der Waals surface area contributed by atoms with Crippen molar-refractivity contribution in [3.63, 3.8) is 0 Å². The molecule has 2 N–H and O–H groups in total. The minimum atomic E-state index is -0.147. The maximum absolute atomic E-state index is 12.3. The van der Waals surface area contributed by atoms with Crippen LogP contribution in [0.4, 0.5) is 5.69 Å². The van der Waals surface area contributed by atoms with Gasteiger partial charge in [0.15, 0.2) is 0 Å². The predicted molar refractivity (Wildman–Crippen MR) is 93.1 cm³/mol. The first-order valence-electron chi connectivity index (χ1n) is 7.62. The van der Waals surface area contributed by atoms with Gasteiger partial charge >= 0.3 is 0 Å². The van der Waals surface area contributed by atoms with Crippen LogP contribution in [0, 0.1) is 11.8 Å². The summed E-state index contributed by atoms with van der Waals surface area (Å²) in [5.74, 6) is 0.407. The molecule has 2 heterocycles. The number of anilines is 1. The summed E-state index contributed by atoms with van der Waals surface area (Å²) in [6.45, 7) is 4.21. The highest BCUT2D eigenvalue weighted by molar-refractivity contribution is 6.33. The number of benzene rings is 1. The first-order chi connectivity index (χ1) is 10.6. The van der Waals surface area contributed by atoms with E-state index in [4.69, 9.17) is 11.6 Å². The quantitative estimate of drug-likeness (QED) is 0.864. The zero-order chi connectivity index (χ0) is 15.7. The second-order valence-electron chi connectivity index (χ2n) is 6.07. The molecule has 2 aliphatic heterocycles. The van der Waals surface area contributed by atoms with Crippen LogP contribution < -0.4 is 15.5 Å². The van der Waals surface area contributed by atoms with Gasteiger partial charge in [-0.15, -0.1) is 12.4 Å². The van der Waals surface area contributed by atoms with E-state index in [1.54, 1.807) is 11.0 Å². The molecule has 0 spiro atoms. The average molecular weight is 358 g/mol. The van der Waals surface area contributed by atoms with Crippen molar-refractivity contribution in [2.75, 3.05) is 24.5 Å². The lowest BCUT2D eigenvalue weighted by molar-refractivity contribution is -0.127. The van der Waals surface area contributed by atoms with Gasteiger partial charge in [-0.25, -0.2) is 0 Å². The van der Waals surface area contributed by atoms with Crippen molar-refractivity contribution in [3.05, 3.63) is 29.3 Å². The van der Waals surface area contributed by atoms with Crippen LogP contribution in [0.3, 0.4) is 0 Å². The Hall–Kier alpha value is -1.30. The molecule has 1 aromatic rings. The fourth-order valence-corrected chi connectivity index (χ4v) is 3.16. The predicted octanol–water partition coefficient (Wildman–Crippen LogP) is 1.84. The third-order valence-corrected chi connectivity index (χ3v) is 4.87. The second kappa shape index (κ2) is 7.51. The van der Waals surface area contributed by atoms with E-state index < -0.39 is 0 Å². The molecule has 5 nitrogen and oxygen atoms in total. The number of amides is 2. The Labute approximate surface area is 147 Å². The van der Waals surface area contributed by atoms with Crippen molar-refractivity contribution in [1.29, 1.82) is 0 Å². The van der Waals surface area contributed by atoms with Crippen LogP contribution in [-0.2, 0) is 9.59 Å². The highest BCUT2D eigenvalue weighted by atomic mass is 35.5. The molecule has 0 aliphatic carbocycles. The third-order valence-electron chi connectivity index (χ3n) is 4.55. The van der Waals surface area contributed by atoms with Crippen LogP contribution in [0.2, 0.25) is 5.02 Å². The van der Waals surface area contributed by atoms with E-state index in [2.05, 4.69) is 10.6 Å². The number of hydrogen-bond acceptors (Lipinski definition) is 3. The maximum Gasteiger partial charge on any atom is 0.229 e. The summed E-state index contributed by atoms with van der Waals surface area (Å²) in [6, 6.07) is 7.13. The van der Waals surface area contributed by atoms with E-state index in [-0.39, 0.29) is 36.2 Å². The van der Waals surface area contributed by atoms with E-state index in [1.807, 2.05) is 25.1 Å². The molecular formula is C16H21Cl2N3O2. The van der Waals surface area contributed by atoms with Gasteiger partial charge in [0.2, 0.25) is 11.8 Å². The van der Waals surface area contributed by atoms with Gasteiger partial charge < -0.3 is 15.5 Å². The standard InChI is InChI=1S/C16H20ClN3O2.ClH/c1-10(11-7-18-8-11)16(22)19-12-6-15(21)20(9-12)14-5-3-2-4-13(14)17;/h2-5,10-12,18H,6-9H2,1H3,(H,19,22);1H. The molecule has 2 atom stereocenters. The highest BCUT2D eigenvalue weighted by Crippen LogP contribution is 2.29. The summed E-state index contributed by atoms with van der Waals surface area (Å²) in [5.41, 5.74) is 0.710. The van der Waals surface area contributed by atoms with Crippen molar-refractivity contribution in [3.8, 4) is 0 Å². The molecule has 1 aromatic carbocycles. The highest BCUT2D eigenvalue weighted by Gasteiger charge is 2.35. The molecule has 7 heteroatoms. The fraction of sp³-hybridized carbons (Fsp3) is 0.500. The Kier molecular flexibility index (Phi) is 5.89. The van der Waals surface area contributed by atoms with E-state index in [9.17, 15) is 9.59 Å². The van der Waals surface area contributed by atoms with Crippen LogP contribution in [0.15, 0.2) is 24.3 Å². The molecule has 126 valence electrons.